The molecule has 5 nitrogen and oxygen atoms in total. The number of amides is 1. The Morgan fingerprint density at radius 3 is 2.59 bits per heavy atom. The number of rotatable bonds is 4. The molecule has 1 aromatic carbocycles. The molecule has 5 heteroatoms. The summed E-state index contributed by atoms with van der Waals surface area (Å²) >= 11 is 0. The van der Waals surface area contributed by atoms with Gasteiger partial charge in [0.1, 0.15) is 6.10 Å². The highest BCUT2D eigenvalue weighted by Crippen LogP contribution is 2.40. The van der Waals surface area contributed by atoms with Gasteiger partial charge in [0, 0.05) is 6.54 Å². The van der Waals surface area contributed by atoms with Gasteiger partial charge in [-0.3, -0.25) is 9.59 Å². The van der Waals surface area contributed by atoms with Crippen molar-refractivity contribution in [1.82, 2.24) is 4.90 Å². The van der Waals surface area contributed by atoms with E-state index in [4.69, 9.17) is 9.84 Å². The molecule has 3 rings (SSSR count). The van der Waals surface area contributed by atoms with E-state index in [1.165, 1.54) is 5.56 Å². The van der Waals surface area contributed by atoms with Gasteiger partial charge in [-0.2, -0.15) is 0 Å². The summed E-state index contributed by atoms with van der Waals surface area (Å²) in [5.74, 6) is -1.72. The third-order valence-corrected chi connectivity index (χ3v) is 4.56. The summed E-state index contributed by atoms with van der Waals surface area (Å²) in [5.41, 5.74) is 2.34. The molecule has 1 heterocycles. The molecule has 0 bridgehead atoms. The van der Waals surface area contributed by atoms with E-state index in [0.29, 0.717) is 26.1 Å². The normalized spacial score (nSPS) is 27.5. The zero-order valence-corrected chi connectivity index (χ0v) is 12.7. The molecule has 0 aromatic heterocycles. The minimum atomic E-state index is -0.863. The second kappa shape index (κ2) is 6.08. The maximum atomic E-state index is 12.4. The Morgan fingerprint density at radius 1 is 1.27 bits per heavy atom. The van der Waals surface area contributed by atoms with Crippen molar-refractivity contribution in [2.45, 2.75) is 25.9 Å². The molecular formula is C17H21NO4. The number of carbonyl (C=O) groups excluding carboxylic acids is 1. The number of hydrogen-bond acceptors (Lipinski definition) is 3. The van der Waals surface area contributed by atoms with Crippen molar-refractivity contribution in [3.05, 3.63) is 35.4 Å². The predicted octanol–water partition coefficient (Wildman–Crippen LogP) is 1.87. The lowest BCUT2D eigenvalue weighted by molar-refractivity contribution is -0.145. The maximum absolute atomic E-state index is 12.4. The van der Waals surface area contributed by atoms with Crippen molar-refractivity contribution in [3.63, 3.8) is 0 Å². The van der Waals surface area contributed by atoms with Gasteiger partial charge in [-0.1, -0.05) is 31.2 Å². The fourth-order valence-corrected chi connectivity index (χ4v) is 2.99. The first-order valence-electron chi connectivity index (χ1n) is 7.82. The smallest absolute Gasteiger partial charge is 0.307 e. The summed E-state index contributed by atoms with van der Waals surface area (Å²) in [7, 11) is 0. The molecule has 0 radical (unpaired) electrons. The van der Waals surface area contributed by atoms with Gasteiger partial charge in [0.15, 0.2) is 0 Å². The molecule has 2 fully saturated rings. The van der Waals surface area contributed by atoms with E-state index in [-0.39, 0.29) is 17.9 Å². The number of morpholine rings is 1. The van der Waals surface area contributed by atoms with Crippen LogP contribution in [0.25, 0.3) is 0 Å². The zero-order chi connectivity index (χ0) is 15.7. The fraction of sp³-hybridized carbons (Fsp3) is 0.529. The second-order valence-corrected chi connectivity index (χ2v) is 6.03. The van der Waals surface area contributed by atoms with Crippen molar-refractivity contribution in [2.24, 2.45) is 11.8 Å². The van der Waals surface area contributed by atoms with E-state index < -0.39 is 11.9 Å². The van der Waals surface area contributed by atoms with Gasteiger partial charge in [0.2, 0.25) is 5.91 Å². The van der Waals surface area contributed by atoms with Gasteiger partial charge < -0.3 is 14.7 Å². The standard InChI is InChI=1S/C17H21NO4/c1-2-11-3-5-12(6-4-11)15-10-18(7-8-22-15)16(19)13-9-14(13)17(20)21/h3-6,13-15H,2,7-10H2,1H3,(H,20,21). The molecule has 1 saturated heterocycles. The Bertz CT molecular complexity index is 569. The van der Waals surface area contributed by atoms with Crippen LogP contribution in [-0.4, -0.2) is 41.6 Å². The van der Waals surface area contributed by atoms with Crippen LogP contribution in [0.2, 0.25) is 0 Å². The second-order valence-electron chi connectivity index (χ2n) is 6.03. The minimum absolute atomic E-state index is 0.0362. The third-order valence-electron chi connectivity index (χ3n) is 4.56. The average Bonchev–Trinajstić information content (AvgIpc) is 3.35. The summed E-state index contributed by atoms with van der Waals surface area (Å²) in [6.45, 7) is 3.66. The van der Waals surface area contributed by atoms with Gasteiger partial charge in [0.05, 0.1) is 25.0 Å². The Morgan fingerprint density at radius 2 is 2.00 bits per heavy atom. The molecule has 1 amide bonds. The molecule has 1 aromatic rings. The first kappa shape index (κ1) is 15.0. The largest absolute Gasteiger partial charge is 0.481 e. The van der Waals surface area contributed by atoms with Crippen LogP contribution in [0, 0.1) is 11.8 Å². The molecule has 1 aliphatic carbocycles. The minimum Gasteiger partial charge on any atom is -0.481 e. The van der Waals surface area contributed by atoms with E-state index in [2.05, 4.69) is 31.2 Å². The van der Waals surface area contributed by atoms with E-state index in [9.17, 15) is 9.59 Å². The molecule has 22 heavy (non-hydrogen) atoms. The van der Waals surface area contributed by atoms with Crippen molar-refractivity contribution in [3.8, 4) is 0 Å². The quantitative estimate of drug-likeness (QED) is 0.922. The van der Waals surface area contributed by atoms with Gasteiger partial charge in [0.25, 0.3) is 0 Å². The molecule has 1 aliphatic heterocycles. The summed E-state index contributed by atoms with van der Waals surface area (Å²) in [5, 5.41) is 8.95. The Hall–Kier alpha value is -1.88. The van der Waals surface area contributed by atoms with Crippen LogP contribution in [0.3, 0.4) is 0 Å². The monoisotopic (exact) mass is 303 g/mol. The highest BCUT2D eigenvalue weighted by atomic mass is 16.5. The number of ether oxygens (including phenoxy) is 1. The third kappa shape index (κ3) is 2.99. The number of hydrogen-bond donors (Lipinski definition) is 1. The fourth-order valence-electron chi connectivity index (χ4n) is 2.99. The van der Waals surface area contributed by atoms with Crippen LogP contribution >= 0.6 is 0 Å². The molecule has 3 atom stereocenters. The lowest BCUT2D eigenvalue weighted by Gasteiger charge is -2.33. The summed E-state index contributed by atoms with van der Waals surface area (Å²) in [6, 6.07) is 8.27. The predicted molar refractivity (Wildman–Crippen MR) is 80.3 cm³/mol. The number of aliphatic carboxylic acids is 1. The first-order chi connectivity index (χ1) is 10.6. The van der Waals surface area contributed by atoms with Crippen LogP contribution in [0.15, 0.2) is 24.3 Å². The van der Waals surface area contributed by atoms with Crippen molar-refractivity contribution in [2.75, 3.05) is 19.7 Å². The molecule has 3 unspecified atom stereocenters. The van der Waals surface area contributed by atoms with Crippen molar-refractivity contribution in [1.29, 1.82) is 0 Å². The van der Waals surface area contributed by atoms with Crippen molar-refractivity contribution >= 4 is 11.9 Å². The maximum Gasteiger partial charge on any atom is 0.307 e. The van der Waals surface area contributed by atoms with E-state index >= 15 is 0 Å². The number of carbonyl (C=O) groups is 2. The Balaban J connectivity index is 1.64. The number of benzene rings is 1. The molecule has 1 N–H and O–H groups in total. The van der Waals surface area contributed by atoms with Gasteiger partial charge in [-0.15, -0.1) is 0 Å². The zero-order valence-electron chi connectivity index (χ0n) is 12.7. The number of aryl methyl sites for hydroxylation is 1. The van der Waals surface area contributed by atoms with E-state index in [1.807, 2.05) is 0 Å². The van der Waals surface area contributed by atoms with Crippen LogP contribution in [0.4, 0.5) is 0 Å². The Kier molecular flexibility index (Phi) is 4.16. The lowest BCUT2D eigenvalue weighted by Crippen LogP contribution is -2.43. The number of nitrogens with zero attached hydrogens (tertiary/aromatic N) is 1. The first-order valence-corrected chi connectivity index (χ1v) is 7.82. The Labute approximate surface area is 129 Å². The highest BCUT2D eigenvalue weighted by Gasteiger charge is 2.50. The average molecular weight is 303 g/mol. The summed E-state index contributed by atoms with van der Waals surface area (Å²) in [6.07, 6.45) is 1.35. The van der Waals surface area contributed by atoms with Crippen LogP contribution in [0.5, 0.6) is 0 Å². The van der Waals surface area contributed by atoms with Gasteiger partial charge in [-0.05, 0) is 24.0 Å². The molecule has 2 aliphatic rings. The van der Waals surface area contributed by atoms with E-state index in [1.54, 1.807) is 4.90 Å². The van der Waals surface area contributed by atoms with Gasteiger partial charge in [-0.25, -0.2) is 0 Å². The number of carboxylic acid groups (broad SMARTS) is 1. The molecule has 0 spiro atoms. The summed E-state index contributed by atoms with van der Waals surface area (Å²) in [4.78, 5) is 25.0. The van der Waals surface area contributed by atoms with Crippen molar-refractivity contribution < 1.29 is 19.4 Å². The van der Waals surface area contributed by atoms with Crippen LogP contribution in [-0.2, 0) is 20.7 Å². The summed E-state index contributed by atoms with van der Waals surface area (Å²) < 4.78 is 5.78. The molecular weight excluding hydrogens is 282 g/mol. The lowest BCUT2D eigenvalue weighted by atomic mass is 10.0. The van der Waals surface area contributed by atoms with Crippen LogP contribution in [0.1, 0.15) is 30.6 Å². The highest BCUT2D eigenvalue weighted by molar-refractivity contribution is 5.89. The SMILES string of the molecule is CCc1ccc(C2CN(C(=O)C3CC3C(=O)O)CCO2)cc1. The number of carboxylic acids is 1. The van der Waals surface area contributed by atoms with E-state index in [0.717, 1.165) is 12.0 Å². The molecule has 1 saturated carbocycles. The topological polar surface area (TPSA) is 66.8 Å². The molecule has 118 valence electrons. The van der Waals surface area contributed by atoms with Crippen LogP contribution < -0.4 is 0 Å². The van der Waals surface area contributed by atoms with Gasteiger partial charge >= 0.3 is 5.97 Å².